The molecule has 0 spiro atoms. The maximum atomic E-state index is 13.7. The van der Waals surface area contributed by atoms with Gasteiger partial charge in [0.25, 0.3) is 0 Å². The number of hydrogen-bond acceptors (Lipinski definition) is 3. The Labute approximate surface area is 148 Å². The van der Waals surface area contributed by atoms with Crippen LogP contribution in [0.5, 0.6) is 5.75 Å². The molecule has 1 amide bonds. The summed E-state index contributed by atoms with van der Waals surface area (Å²) in [5.74, 6) is -0.496. The third kappa shape index (κ3) is 4.85. The van der Waals surface area contributed by atoms with Crippen LogP contribution in [-0.2, 0) is 4.79 Å². The molecule has 4 nitrogen and oxygen atoms in total. The third-order valence-electron chi connectivity index (χ3n) is 3.14. The van der Waals surface area contributed by atoms with E-state index in [0.29, 0.717) is 15.8 Å². The molecule has 124 valence electrons. The Kier molecular flexibility index (Phi) is 6.42. The van der Waals surface area contributed by atoms with Gasteiger partial charge in [-0.05, 0) is 18.2 Å². The van der Waals surface area contributed by atoms with Crippen molar-refractivity contribution >= 4 is 29.1 Å². The van der Waals surface area contributed by atoms with Gasteiger partial charge in [-0.1, -0.05) is 41.4 Å². The summed E-state index contributed by atoms with van der Waals surface area (Å²) in [7, 11) is 0. The molecule has 1 unspecified atom stereocenters. The number of amides is 1. The van der Waals surface area contributed by atoms with Crippen molar-refractivity contribution in [3.05, 3.63) is 63.9 Å². The lowest BCUT2D eigenvalue weighted by Gasteiger charge is -2.13. The Balaban J connectivity index is 1.87. The van der Waals surface area contributed by atoms with E-state index < -0.39 is 17.8 Å². The summed E-state index contributed by atoms with van der Waals surface area (Å²) >= 11 is 11.7. The Morgan fingerprint density at radius 1 is 1.25 bits per heavy atom. The number of benzene rings is 2. The summed E-state index contributed by atoms with van der Waals surface area (Å²) in [6, 6.07) is 11.4. The molecule has 1 atom stereocenters. The van der Waals surface area contributed by atoms with E-state index in [1.54, 1.807) is 24.3 Å². The summed E-state index contributed by atoms with van der Waals surface area (Å²) in [5, 5.41) is 12.3. The van der Waals surface area contributed by atoms with E-state index in [4.69, 9.17) is 33.2 Å². The zero-order valence-electron chi connectivity index (χ0n) is 12.4. The van der Waals surface area contributed by atoms with Crippen LogP contribution in [0, 0.1) is 17.1 Å². The summed E-state index contributed by atoms with van der Waals surface area (Å²) in [6.45, 7) is 0.0826. The fourth-order valence-electron chi connectivity index (χ4n) is 1.95. The number of carbonyl (C=O) groups is 1. The molecule has 2 aromatic rings. The highest BCUT2D eigenvalue weighted by Gasteiger charge is 2.17. The number of ether oxygens (including phenoxy) is 1. The van der Waals surface area contributed by atoms with Crippen LogP contribution in [0.15, 0.2) is 42.5 Å². The molecule has 0 fully saturated rings. The first-order valence-electron chi connectivity index (χ1n) is 7.02. The Hall–Kier alpha value is -2.29. The maximum absolute atomic E-state index is 13.7. The van der Waals surface area contributed by atoms with Gasteiger partial charge in [-0.2, -0.15) is 5.26 Å². The van der Waals surface area contributed by atoms with E-state index in [1.165, 1.54) is 18.2 Å². The minimum absolute atomic E-state index is 0.00682. The van der Waals surface area contributed by atoms with Crippen molar-refractivity contribution in [2.24, 2.45) is 0 Å². The fourth-order valence-corrected chi connectivity index (χ4v) is 2.24. The van der Waals surface area contributed by atoms with Crippen LogP contribution in [-0.4, -0.2) is 12.5 Å². The molecule has 2 rings (SSSR count). The predicted molar refractivity (Wildman–Crippen MR) is 89.5 cm³/mol. The van der Waals surface area contributed by atoms with Gasteiger partial charge in [-0.3, -0.25) is 4.79 Å². The van der Waals surface area contributed by atoms with Crippen LogP contribution in [0.4, 0.5) is 4.39 Å². The lowest BCUT2D eigenvalue weighted by atomic mass is 10.1. The highest BCUT2D eigenvalue weighted by molar-refractivity contribution is 6.42. The van der Waals surface area contributed by atoms with E-state index in [1.807, 2.05) is 6.07 Å². The Morgan fingerprint density at radius 2 is 2.00 bits per heavy atom. The molecule has 0 aliphatic rings. The van der Waals surface area contributed by atoms with Crippen molar-refractivity contribution < 1.29 is 13.9 Å². The lowest BCUT2D eigenvalue weighted by molar-refractivity contribution is -0.122. The molecule has 0 aliphatic heterocycles. The molecule has 0 radical (unpaired) electrons. The van der Waals surface area contributed by atoms with Gasteiger partial charge in [-0.25, -0.2) is 4.39 Å². The normalized spacial score (nSPS) is 11.4. The number of halogens is 3. The van der Waals surface area contributed by atoms with Gasteiger partial charge < -0.3 is 10.1 Å². The van der Waals surface area contributed by atoms with Gasteiger partial charge in [0.1, 0.15) is 17.6 Å². The predicted octanol–water partition coefficient (Wildman–Crippen LogP) is 4.28. The number of carbonyl (C=O) groups excluding carboxylic acids is 1. The van der Waals surface area contributed by atoms with Gasteiger partial charge in [0.15, 0.2) is 0 Å². The number of nitriles is 1. The molecule has 7 heteroatoms. The van der Waals surface area contributed by atoms with Gasteiger partial charge >= 0.3 is 0 Å². The van der Waals surface area contributed by atoms with Crippen molar-refractivity contribution in [1.29, 1.82) is 5.26 Å². The molecule has 0 saturated carbocycles. The largest absolute Gasteiger partial charge is 0.493 e. The van der Waals surface area contributed by atoms with E-state index in [0.717, 1.165) is 0 Å². The lowest BCUT2D eigenvalue weighted by Crippen LogP contribution is -2.29. The second kappa shape index (κ2) is 8.53. The second-order valence-electron chi connectivity index (χ2n) is 4.83. The maximum Gasteiger partial charge on any atom is 0.224 e. The number of rotatable bonds is 6. The fraction of sp³-hybridized carbons (Fsp3) is 0.176. The van der Waals surface area contributed by atoms with Gasteiger partial charge in [-0.15, -0.1) is 0 Å². The molecule has 2 aromatic carbocycles. The summed E-state index contributed by atoms with van der Waals surface area (Å²) in [5.41, 5.74) is 0.124. The topological polar surface area (TPSA) is 62.1 Å². The van der Waals surface area contributed by atoms with Crippen molar-refractivity contribution in [2.45, 2.75) is 12.5 Å². The smallest absolute Gasteiger partial charge is 0.224 e. The van der Waals surface area contributed by atoms with Crippen LogP contribution in [0.2, 0.25) is 10.0 Å². The van der Waals surface area contributed by atoms with Crippen LogP contribution in [0.3, 0.4) is 0 Å². The molecule has 0 bridgehead atoms. The minimum atomic E-state index is -1.05. The first-order valence-corrected chi connectivity index (χ1v) is 7.78. The van der Waals surface area contributed by atoms with E-state index in [2.05, 4.69) is 5.32 Å². The Bertz CT molecular complexity index is 777. The average molecular weight is 367 g/mol. The van der Waals surface area contributed by atoms with E-state index in [9.17, 15) is 9.18 Å². The van der Waals surface area contributed by atoms with Crippen LogP contribution in [0.25, 0.3) is 0 Å². The van der Waals surface area contributed by atoms with Crippen molar-refractivity contribution in [3.63, 3.8) is 0 Å². The first kappa shape index (κ1) is 18.1. The molecule has 0 heterocycles. The zero-order chi connectivity index (χ0) is 17.5. The van der Waals surface area contributed by atoms with Gasteiger partial charge in [0, 0.05) is 11.6 Å². The standard InChI is InChI=1S/C17H13Cl2FN2O2/c18-13-6-5-11(9-14(13)19)24-8-7-17(23)22-16(10-21)12-3-1-2-4-15(12)20/h1-6,9,16H,7-8H2,(H,22,23). The van der Waals surface area contributed by atoms with Gasteiger partial charge in [0.05, 0.1) is 29.1 Å². The molecule has 0 aromatic heterocycles. The molecule has 0 aliphatic carbocycles. The summed E-state index contributed by atoms with van der Waals surface area (Å²) < 4.78 is 19.1. The summed E-state index contributed by atoms with van der Waals surface area (Å²) in [6.07, 6.45) is 0.00682. The second-order valence-corrected chi connectivity index (χ2v) is 5.64. The monoisotopic (exact) mass is 366 g/mol. The molecule has 24 heavy (non-hydrogen) atoms. The number of nitrogens with one attached hydrogen (secondary N) is 1. The molecular formula is C17H13Cl2FN2O2. The molecule has 1 N–H and O–H groups in total. The summed E-state index contributed by atoms with van der Waals surface area (Å²) in [4.78, 5) is 11.9. The number of nitrogens with zero attached hydrogens (tertiary/aromatic N) is 1. The quantitative estimate of drug-likeness (QED) is 0.829. The SMILES string of the molecule is N#CC(NC(=O)CCOc1ccc(Cl)c(Cl)c1)c1ccccc1F. The first-order chi connectivity index (χ1) is 11.5. The highest BCUT2D eigenvalue weighted by Crippen LogP contribution is 2.26. The molecule has 0 saturated heterocycles. The average Bonchev–Trinajstić information content (AvgIpc) is 2.56. The highest BCUT2D eigenvalue weighted by atomic mass is 35.5. The van der Waals surface area contributed by atoms with Crippen molar-refractivity contribution in [3.8, 4) is 11.8 Å². The van der Waals surface area contributed by atoms with Crippen molar-refractivity contribution in [2.75, 3.05) is 6.61 Å². The molecular weight excluding hydrogens is 354 g/mol. The Morgan fingerprint density at radius 3 is 2.67 bits per heavy atom. The zero-order valence-corrected chi connectivity index (χ0v) is 13.9. The van der Waals surface area contributed by atoms with Crippen LogP contribution >= 0.6 is 23.2 Å². The minimum Gasteiger partial charge on any atom is -0.493 e. The van der Waals surface area contributed by atoms with Crippen LogP contribution < -0.4 is 10.1 Å². The van der Waals surface area contributed by atoms with E-state index >= 15 is 0 Å². The third-order valence-corrected chi connectivity index (χ3v) is 3.88. The number of hydrogen-bond donors (Lipinski definition) is 1. The van der Waals surface area contributed by atoms with E-state index in [-0.39, 0.29) is 18.6 Å². The van der Waals surface area contributed by atoms with Crippen LogP contribution in [0.1, 0.15) is 18.0 Å². The van der Waals surface area contributed by atoms with Crippen molar-refractivity contribution in [1.82, 2.24) is 5.32 Å². The van der Waals surface area contributed by atoms with Gasteiger partial charge in [0.2, 0.25) is 5.91 Å².